The number of aryl methyl sites for hydroxylation is 1. The van der Waals surface area contributed by atoms with E-state index in [0.717, 1.165) is 11.1 Å². The summed E-state index contributed by atoms with van der Waals surface area (Å²) in [6.07, 6.45) is 1.98. The number of anilines is 1. The van der Waals surface area contributed by atoms with E-state index >= 15 is 0 Å². The first-order valence-electron chi connectivity index (χ1n) is 5.86. The van der Waals surface area contributed by atoms with Crippen LogP contribution in [0.5, 0.6) is 5.75 Å². The van der Waals surface area contributed by atoms with Crippen LogP contribution in [-0.2, 0) is 17.8 Å². The Kier molecular flexibility index (Phi) is 3.70. The molecule has 2 aromatic rings. The number of carboxylic acid groups (broad SMARTS) is 1. The van der Waals surface area contributed by atoms with Gasteiger partial charge in [0.15, 0.2) is 0 Å². The molecule has 0 atom stereocenters. The van der Waals surface area contributed by atoms with Gasteiger partial charge < -0.3 is 15.9 Å². The van der Waals surface area contributed by atoms with Gasteiger partial charge in [-0.25, -0.2) is 4.68 Å². The summed E-state index contributed by atoms with van der Waals surface area (Å²) < 4.78 is 1.59. The second kappa shape index (κ2) is 5.43. The Balaban J connectivity index is 2.11. The molecular weight excluding hydrogens is 246 g/mol. The number of aliphatic carboxylic acids is 1. The van der Waals surface area contributed by atoms with Crippen molar-refractivity contribution in [2.75, 3.05) is 5.73 Å². The lowest BCUT2D eigenvalue weighted by atomic mass is 10.2. The standard InChI is InChI=1S/C13H15N3O3/c14-13-10(4-5-12(18)19)7-15-16(13)8-9-2-1-3-11(17)6-9/h1-3,6-7,17H,4-5,8,14H2,(H,18,19). The van der Waals surface area contributed by atoms with Gasteiger partial charge in [-0.2, -0.15) is 5.10 Å². The van der Waals surface area contributed by atoms with Gasteiger partial charge in [-0.3, -0.25) is 4.79 Å². The Morgan fingerprint density at radius 2 is 2.21 bits per heavy atom. The number of carbonyl (C=O) groups is 1. The van der Waals surface area contributed by atoms with Gasteiger partial charge in [0.2, 0.25) is 0 Å². The normalized spacial score (nSPS) is 10.5. The first kappa shape index (κ1) is 12.9. The van der Waals surface area contributed by atoms with E-state index in [-0.39, 0.29) is 12.2 Å². The Morgan fingerprint density at radius 3 is 2.89 bits per heavy atom. The molecule has 6 heteroatoms. The SMILES string of the molecule is Nc1c(CCC(=O)O)cnn1Cc1cccc(O)c1. The Bertz CT molecular complexity index is 593. The van der Waals surface area contributed by atoms with Crippen molar-refractivity contribution in [3.8, 4) is 5.75 Å². The maximum absolute atomic E-state index is 10.5. The zero-order valence-electron chi connectivity index (χ0n) is 10.3. The lowest BCUT2D eigenvalue weighted by Crippen LogP contribution is -2.07. The fourth-order valence-electron chi connectivity index (χ4n) is 1.82. The smallest absolute Gasteiger partial charge is 0.303 e. The third-order valence-electron chi connectivity index (χ3n) is 2.81. The maximum Gasteiger partial charge on any atom is 0.303 e. The number of benzene rings is 1. The van der Waals surface area contributed by atoms with Crippen LogP contribution in [0.3, 0.4) is 0 Å². The van der Waals surface area contributed by atoms with Gasteiger partial charge in [0.25, 0.3) is 0 Å². The van der Waals surface area contributed by atoms with Crippen molar-refractivity contribution in [2.45, 2.75) is 19.4 Å². The number of nitrogens with zero attached hydrogens (tertiary/aromatic N) is 2. The Labute approximate surface area is 110 Å². The van der Waals surface area contributed by atoms with Crippen LogP contribution < -0.4 is 5.73 Å². The molecule has 0 saturated heterocycles. The first-order valence-corrected chi connectivity index (χ1v) is 5.86. The van der Waals surface area contributed by atoms with Gasteiger partial charge in [0.05, 0.1) is 12.7 Å². The summed E-state index contributed by atoms with van der Waals surface area (Å²) >= 11 is 0. The number of carboxylic acids is 1. The largest absolute Gasteiger partial charge is 0.508 e. The molecule has 0 aliphatic rings. The fourth-order valence-corrected chi connectivity index (χ4v) is 1.82. The van der Waals surface area contributed by atoms with Crippen molar-refractivity contribution >= 4 is 11.8 Å². The van der Waals surface area contributed by atoms with Gasteiger partial charge in [0.1, 0.15) is 11.6 Å². The molecule has 0 aliphatic carbocycles. The van der Waals surface area contributed by atoms with Crippen molar-refractivity contribution in [1.29, 1.82) is 0 Å². The summed E-state index contributed by atoms with van der Waals surface area (Å²) in [5.74, 6) is -0.209. The van der Waals surface area contributed by atoms with E-state index in [1.165, 1.54) is 0 Å². The Morgan fingerprint density at radius 1 is 1.42 bits per heavy atom. The molecule has 0 spiro atoms. The van der Waals surface area contributed by atoms with E-state index in [1.54, 1.807) is 29.1 Å². The lowest BCUT2D eigenvalue weighted by Gasteiger charge is -2.05. The molecule has 2 rings (SSSR count). The highest BCUT2D eigenvalue weighted by Crippen LogP contribution is 2.17. The van der Waals surface area contributed by atoms with Crippen LogP contribution in [0, 0.1) is 0 Å². The van der Waals surface area contributed by atoms with Crippen LogP contribution in [0.2, 0.25) is 0 Å². The Hall–Kier alpha value is -2.50. The number of nitrogen functional groups attached to an aromatic ring is 1. The monoisotopic (exact) mass is 261 g/mol. The average molecular weight is 261 g/mol. The minimum Gasteiger partial charge on any atom is -0.508 e. The minimum atomic E-state index is -0.861. The van der Waals surface area contributed by atoms with Crippen LogP contribution >= 0.6 is 0 Å². The third-order valence-corrected chi connectivity index (χ3v) is 2.81. The molecular formula is C13H15N3O3. The van der Waals surface area contributed by atoms with E-state index in [1.807, 2.05) is 6.07 Å². The number of aromatic hydroxyl groups is 1. The van der Waals surface area contributed by atoms with Crippen LogP contribution in [0.1, 0.15) is 17.5 Å². The average Bonchev–Trinajstić information content (AvgIpc) is 2.68. The van der Waals surface area contributed by atoms with Crippen molar-refractivity contribution in [1.82, 2.24) is 9.78 Å². The van der Waals surface area contributed by atoms with Gasteiger partial charge in [-0.15, -0.1) is 0 Å². The molecule has 19 heavy (non-hydrogen) atoms. The van der Waals surface area contributed by atoms with E-state index < -0.39 is 5.97 Å². The molecule has 100 valence electrons. The topological polar surface area (TPSA) is 101 Å². The molecule has 0 radical (unpaired) electrons. The second-order valence-corrected chi connectivity index (χ2v) is 4.28. The molecule has 0 bridgehead atoms. The quantitative estimate of drug-likeness (QED) is 0.751. The van der Waals surface area contributed by atoms with Crippen LogP contribution in [0.25, 0.3) is 0 Å². The number of nitrogens with two attached hydrogens (primary N) is 1. The van der Waals surface area contributed by atoms with Crippen molar-refractivity contribution in [2.24, 2.45) is 0 Å². The highest BCUT2D eigenvalue weighted by molar-refractivity contribution is 5.67. The van der Waals surface area contributed by atoms with Gasteiger partial charge in [-0.1, -0.05) is 12.1 Å². The summed E-state index contributed by atoms with van der Waals surface area (Å²) in [5, 5.41) is 22.2. The second-order valence-electron chi connectivity index (χ2n) is 4.28. The molecule has 4 N–H and O–H groups in total. The van der Waals surface area contributed by atoms with E-state index in [9.17, 15) is 9.90 Å². The molecule has 0 saturated carbocycles. The molecule has 0 amide bonds. The zero-order chi connectivity index (χ0) is 13.8. The van der Waals surface area contributed by atoms with Crippen molar-refractivity contribution in [3.63, 3.8) is 0 Å². The van der Waals surface area contributed by atoms with E-state index in [2.05, 4.69) is 5.10 Å². The number of rotatable bonds is 5. The van der Waals surface area contributed by atoms with E-state index in [4.69, 9.17) is 10.8 Å². The molecule has 0 fully saturated rings. The van der Waals surface area contributed by atoms with Crippen LogP contribution in [0.15, 0.2) is 30.5 Å². The lowest BCUT2D eigenvalue weighted by molar-refractivity contribution is -0.136. The molecule has 6 nitrogen and oxygen atoms in total. The first-order chi connectivity index (χ1) is 9.06. The summed E-state index contributed by atoms with van der Waals surface area (Å²) in [6.45, 7) is 0.438. The molecule has 0 unspecified atom stereocenters. The molecule has 1 aromatic heterocycles. The number of hydrogen-bond donors (Lipinski definition) is 3. The summed E-state index contributed by atoms with van der Waals surface area (Å²) in [7, 11) is 0. The molecule has 1 aromatic carbocycles. The maximum atomic E-state index is 10.5. The predicted octanol–water partition coefficient (Wildman–Crippen LogP) is 1.24. The fraction of sp³-hybridized carbons (Fsp3) is 0.231. The summed E-state index contributed by atoms with van der Waals surface area (Å²) in [5.41, 5.74) is 7.52. The third kappa shape index (κ3) is 3.25. The summed E-state index contributed by atoms with van der Waals surface area (Å²) in [4.78, 5) is 10.5. The number of phenolic OH excluding ortho intramolecular Hbond substituents is 1. The van der Waals surface area contributed by atoms with E-state index in [0.29, 0.717) is 18.8 Å². The van der Waals surface area contributed by atoms with Gasteiger partial charge in [-0.05, 0) is 24.1 Å². The number of aromatic nitrogens is 2. The highest BCUT2D eigenvalue weighted by atomic mass is 16.4. The van der Waals surface area contributed by atoms with Crippen molar-refractivity contribution in [3.05, 3.63) is 41.6 Å². The van der Waals surface area contributed by atoms with Crippen LogP contribution in [0.4, 0.5) is 5.82 Å². The van der Waals surface area contributed by atoms with Crippen LogP contribution in [-0.4, -0.2) is 26.0 Å². The minimum absolute atomic E-state index is 0.0298. The molecule has 0 aliphatic heterocycles. The van der Waals surface area contributed by atoms with Gasteiger partial charge >= 0.3 is 5.97 Å². The molecule has 1 heterocycles. The van der Waals surface area contributed by atoms with Gasteiger partial charge in [0, 0.05) is 12.0 Å². The van der Waals surface area contributed by atoms with Crippen molar-refractivity contribution < 1.29 is 15.0 Å². The zero-order valence-corrected chi connectivity index (χ0v) is 10.3. The number of phenols is 1. The number of hydrogen-bond acceptors (Lipinski definition) is 4. The highest BCUT2D eigenvalue weighted by Gasteiger charge is 2.09. The predicted molar refractivity (Wildman–Crippen MR) is 69.8 cm³/mol. The summed E-state index contributed by atoms with van der Waals surface area (Å²) in [6, 6.07) is 6.83.